The number of pyridine rings is 1. The Bertz CT molecular complexity index is 1620. The molecule has 4 N–H and O–H groups in total. The lowest BCUT2D eigenvalue weighted by Crippen LogP contribution is -2.46. The smallest absolute Gasteiger partial charge is 0.384 e. The highest BCUT2D eigenvalue weighted by atomic mass is 19.4. The number of morpholine rings is 1. The standard InChI is InChI=1S/C27H26F3N7O4/c1-14-12-33-23(31)22-21(35-24(37(14)22)19-13-36(9-10-41-19)26(40)15(2)38)16-3-5-17(6-4-16)25(39)34-20-11-18(7-8-32-20)27(28,29)30/h3-8,11-12,15,19,38H,9-10,13H2,1-2H3,(H2,31,33)(H,32,34,39)/t15-,19+/m0/s1. The van der Waals surface area contributed by atoms with Gasteiger partial charge in [0.1, 0.15) is 40.9 Å². The van der Waals surface area contributed by atoms with E-state index in [0.29, 0.717) is 29.1 Å². The minimum Gasteiger partial charge on any atom is -0.384 e. The van der Waals surface area contributed by atoms with Crippen LogP contribution in [0.3, 0.4) is 0 Å². The van der Waals surface area contributed by atoms with Gasteiger partial charge in [0.15, 0.2) is 0 Å². The number of hydrogen-bond acceptors (Lipinski definition) is 8. The van der Waals surface area contributed by atoms with Crippen molar-refractivity contribution >= 4 is 29.0 Å². The van der Waals surface area contributed by atoms with Crippen molar-refractivity contribution in [1.29, 1.82) is 0 Å². The van der Waals surface area contributed by atoms with E-state index in [1.165, 1.54) is 24.0 Å². The Balaban J connectivity index is 1.46. The van der Waals surface area contributed by atoms with Crippen LogP contribution < -0.4 is 11.1 Å². The molecule has 0 radical (unpaired) electrons. The first kappa shape index (κ1) is 28.0. The summed E-state index contributed by atoms with van der Waals surface area (Å²) < 4.78 is 46.8. The molecule has 11 nitrogen and oxygen atoms in total. The summed E-state index contributed by atoms with van der Waals surface area (Å²) in [6.45, 7) is 3.99. The van der Waals surface area contributed by atoms with Crippen molar-refractivity contribution in [3.05, 3.63) is 71.4 Å². The number of aryl methyl sites for hydroxylation is 1. The van der Waals surface area contributed by atoms with Crippen LogP contribution in [0.5, 0.6) is 0 Å². The number of hydrogen-bond donors (Lipinski definition) is 3. The van der Waals surface area contributed by atoms with Crippen LogP contribution in [0.25, 0.3) is 16.8 Å². The number of benzene rings is 1. The van der Waals surface area contributed by atoms with Crippen LogP contribution >= 0.6 is 0 Å². The average Bonchev–Trinajstić information content (AvgIpc) is 3.36. The number of aromatic nitrogens is 4. The summed E-state index contributed by atoms with van der Waals surface area (Å²) in [5.74, 6) is -0.596. The van der Waals surface area contributed by atoms with Crippen molar-refractivity contribution in [2.75, 3.05) is 30.7 Å². The third-order valence-electron chi connectivity index (χ3n) is 6.66. The van der Waals surface area contributed by atoms with E-state index < -0.39 is 35.8 Å². The first-order valence-electron chi connectivity index (χ1n) is 12.6. The number of imidazole rings is 1. The highest BCUT2D eigenvalue weighted by Gasteiger charge is 2.32. The van der Waals surface area contributed by atoms with Crippen LogP contribution in [0, 0.1) is 6.92 Å². The summed E-state index contributed by atoms with van der Waals surface area (Å²) in [6.07, 6.45) is -3.77. The Morgan fingerprint density at radius 2 is 1.93 bits per heavy atom. The maximum absolute atomic E-state index is 13.0. The van der Waals surface area contributed by atoms with Crippen LogP contribution in [0.1, 0.15) is 40.5 Å². The second kappa shape index (κ2) is 10.8. The van der Waals surface area contributed by atoms with Gasteiger partial charge >= 0.3 is 6.18 Å². The van der Waals surface area contributed by atoms with E-state index in [4.69, 9.17) is 15.5 Å². The van der Waals surface area contributed by atoms with E-state index in [2.05, 4.69) is 15.3 Å². The number of nitrogens with one attached hydrogen (secondary N) is 1. The first-order valence-corrected chi connectivity index (χ1v) is 12.6. The highest BCUT2D eigenvalue weighted by Crippen LogP contribution is 2.34. The van der Waals surface area contributed by atoms with Gasteiger partial charge in [-0.25, -0.2) is 15.0 Å². The van der Waals surface area contributed by atoms with Gasteiger partial charge in [0.05, 0.1) is 18.7 Å². The van der Waals surface area contributed by atoms with Gasteiger partial charge in [-0.05, 0) is 38.1 Å². The molecule has 2 atom stereocenters. The number of carbonyl (C=O) groups excluding carboxylic acids is 2. The molecule has 0 bridgehead atoms. The molecule has 3 aromatic heterocycles. The van der Waals surface area contributed by atoms with Gasteiger partial charge in [0.25, 0.3) is 11.8 Å². The Hall–Kier alpha value is -4.56. The van der Waals surface area contributed by atoms with Crippen molar-refractivity contribution < 1.29 is 32.6 Å². The molecule has 0 aliphatic carbocycles. The zero-order chi connectivity index (χ0) is 29.5. The number of nitrogens with two attached hydrogens (primary N) is 1. The Kier molecular flexibility index (Phi) is 7.36. The van der Waals surface area contributed by atoms with Gasteiger partial charge in [-0.1, -0.05) is 12.1 Å². The van der Waals surface area contributed by atoms with Crippen LogP contribution in [0.15, 0.2) is 48.8 Å². The van der Waals surface area contributed by atoms with E-state index >= 15 is 0 Å². The first-order chi connectivity index (χ1) is 19.4. The average molecular weight is 570 g/mol. The molecule has 2 amide bonds. The maximum atomic E-state index is 13.0. The minimum atomic E-state index is -4.57. The summed E-state index contributed by atoms with van der Waals surface area (Å²) in [4.78, 5) is 39.5. The molecule has 41 heavy (non-hydrogen) atoms. The summed E-state index contributed by atoms with van der Waals surface area (Å²) >= 11 is 0. The Morgan fingerprint density at radius 3 is 2.61 bits per heavy atom. The number of fused-ring (bicyclic) bond motifs is 1. The number of nitrogen functional groups attached to an aromatic ring is 1. The zero-order valence-corrected chi connectivity index (χ0v) is 22.0. The lowest BCUT2D eigenvalue weighted by molar-refractivity contribution is -0.147. The largest absolute Gasteiger partial charge is 0.416 e. The molecule has 4 heterocycles. The normalized spacial score (nSPS) is 16.5. The lowest BCUT2D eigenvalue weighted by atomic mass is 10.1. The molecule has 1 saturated heterocycles. The van der Waals surface area contributed by atoms with Crippen molar-refractivity contribution in [1.82, 2.24) is 24.3 Å². The lowest BCUT2D eigenvalue weighted by Gasteiger charge is -2.33. The number of ether oxygens (including phenoxy) is 1. The number of halogens is 3. The van der Waals surface area contributed by atoms with Gasteiger partial charge in [-0.2, -0.15) is 13.2 Å². The third kappa shape index (κ3) is 5.56. The third-order valence-corrected chi connectivity index (χ3v) is 6.66. The topological polar surface area (TPSA) is 148 Å². The summed E-state index contributed by atoms with van der Waals surface area (Å²) in [5, 5.41) is 12.1. The zero-order valence-electron chi connectivity index (χ0n) is 22.0. The molecular formula is C27H26F3N7O4. The molecule has 1 aromatic carbocycles. The van der Waals surface area contributed by atoms with Crippen LogP contribution in [-0.2, 0) is 15.7 Å². The second-order valence-electron chi connectivity index (χ2n) is 9.57. The van der Waals surface area contributed by atoms with Gasteiger partial charge < -0.3 is 25.8 Å². The number of nitrogens with zero attached hydrogens (tertiary/aromatic N) is 5. The number of aliphatic hydroxyl groups excluding tert-OH is 1. The SMILES string of the molecule is Cc1cnc(N)c2c(-c3ccc(C(=O)Nc4cc(C(F)(F)F)ccn4)cc3)nc([C@H]3CN(C(=O)[C@H](C)O)CCO3)n12. The fourth-order valence-electron chi connectivity index (χ4n) is 4.64. The molecule has 1 aliphatic rings. The Labute approximate surface area is 231 Å². The number of aliphatic hydroxyl groups is 1. The molecular weight excluding hydrogens is 543 g/mol. The molecule has 0 spiro atoms. The molecule has 4 aromatic rings. The number of alkyl halides is 3. The number of amides is 2. The summed E-state index contributed by atoms with van der Waals surface area (Å²) in [7, 11) is 0. The fraction of sp³-hybridized carbons (Fsp3) is 0.296. The fourth-order valence-corrected chi connectivity index (χ4v) is 4.64. The number of anilines is 2. The monoisotopic (exact) mass is 569 g/mol. The van der Waals surface area contributed by atoms with Crippen LogP contribution in [0.2, 0.25) is 0 Å². The van der Waals surface area contributed by atoms with Crippen LogP contribution in [0.4, 0.5) is 24.8 Å². The maximum Gasteiger partial charge on any atom is 0.416 e. The van der Waals surface area contributed by atoms with Crippen molar-refractivity contribution in [3.8, 4) is 11.3 Å². The quantitative estimate of drug-likeness (QED) is 0.332. The minimum absolute atomic E-state index is 0.173. The highest BCUT2D eigenvalue weighted by molar-refractivity contribution is 6.04. The molecule has 1 aliphatic heterocycles. The van der Waals surface area contributed by atoms with Gasteiger partial charge in [0, 0.05) is 35.8 Å². The Morgan fingerprint density at radius 1 is 1.20 bits per heavy atom. The summed E-state index contributed by atoms with van der Waals surface area (Å²) in [5.41, 5.74) is 7.80. The van der Waals surface area contributed by atoms with Gasteiger partial charge in [-0.15, -0.1) is 0 Å². The van der Waals surface area contributed by atoms with E-state index in [-0.39, 0.29) is 30.4 Å². The molecule has 5 rings (SSSR count). The van der Waals surface area contributed by atoms with Crippen molar-refractivity contribution in [2.24, 2.45) is 0 Å². The number of carbonyl (C=O) groups is 2. The molecule has 214 valence electrons. The van der Waals surface area contributed by atoms with Crippen LogP contribution in [-0.4, -0.2) is 67.0 Å². The predicted molar refractivity (Wildman–Crippen MR) is 142 cm³/mol. The number of rotatable bonds is 5. The summed E-state index contributed by atoms with van der Waals surface area (Å²) in [6, 6.07) is 7.84. The van der Waals surface area contributed by atoms with E-state index in [1.807, 2.05) is 6.92 Å². The van der Waals surface area contributed by atoms with Gasteiger partial charge in [-0.3, -0.25) is 14.0 Å². The second-order valence-corrected chi connectivity index (χ2v) is 9.57. The van der Waals surface area contributed by atoms with E-state index in [0.717, 1.165) is 24.0 Å². The van der Waals surface area contributed by atoms with Crippen molar-refractivity contribution in [3.63, 3.8) is 0 Å². The molecule has 0 saturated carbocycles. The molecule has 1 fully saturated rings. The van der Waals surface area contributed by atoms with E-state index in [9.17, 15) is 27.9 Å². The van der Waals surface area contributed by atoms with Gasteiger partial charge in [0.2, 0.25) is 0 Å². The molecule has 14 heteroatoms. The van der Waals surface area contributed by atoms with E-state index in [1.54, 1.807) is 22.7 Å². The van der Waals surface area contributed by atoms with Crippen molar-refractivity contribution in [2.45, 2.75) is 32.2 Å². The predicted octanol–water partition coefficient (Wildman–Crippen LogP) is 3.23. The molecule has 0 unspecified atom stereocenters.